The second-order valence-corrected chi connectivity index (χ2v) is 2.49. The van der Waals surface area contributed by atoms with Crippen LogP contribution in [0.2, 0.25) is 0 Å². The summed E-state index contributed by atoms with van der Waals surface area (Å²) in [6, 6.07) is 8.91. The van der Waals surface area contributed by atoms with Crippen LogP contribution in [0.15, 0.2) is 42.7 Å². The minimum absolute atomic E-state index is 0.217. The van der Waals surface area contributed by atoms with Gasteiger partial charge in [-0.25, -0.2) is 0 Å². The number of carbonyl (C=O) groups excluding carboxylic acids is 1. The topological polar surface area (TPSA) is 47.8 Å². The SMILES string of the molecule is O=C(c1ccccc1)n1nccn1. The first-order valence-corrected chi connectivity index (χ1v) is 3.84. The summed E-state index contributed by atoms with van der Waals surface area (Å²) in [6.45, 7) is 0. The Morgan fingerprint density at radius 2 is 1.69 bits per heavy atom. The van der Waals surface area contributed by atoms with E-state index in [0.717, 1.165) is 4.80 Å². The largest absolute Gasteiger partial charge is 0.295 e. The van der Waals surface area contributed by atoms with Crippen molar-refractivity contribution in [1.82, 2.24) is 15.0 Å². The lowest BCUT2D eigenvalue weighted by molar-refractivity contribution is 0.0927. The van der Waals surface area contributed by atoms with Crippen molar-refractivity contribution in [3.05, 3.63) is 48.3 Å². The first-order chi connectivity index (χ1) is 6.38. The lowest BCUT2D eigenvalue weighted by Crippen LogP contribution is -2.14. The highest BCUT2D eigenvalue weighted by Crippen LogP contribution is 1.99. The van der Waals surface area contributed by atoms with E-state index in [2.05, 4.69) is 10.2 Å². The molecule has 0 aliphatic rings. The number of hydrogen-bond acceptors (Lipinski definition) is 3. The first-order valence-electron chi connectivity index (χ1n) is 3.84. The van der Waals surface area contributed by atoms with Gasteiger partial charge in [0.15, 0.2) is 0 Å². The van der Waals surface area contributed by atoms with Crippen LogP contribution in [0.3, 0.4) is 0 Å². The zero-order valence-electron chi connectivity index (χ0n) is 6.79. The molecule has 0 fully saturated rings. The van der Waals surface area contributed by atoms with Gasteiger partial charge >= 0.3 is 0 Å². The number of aromatic nitrogens is 3. The Balaban J connectivity index is 2.34. The normalized spacial score (nSPS) is 9.85. The van der Waals surface area contributed by atoms with Gasteiger partial charge in [0.05, 0.1) is 12.4 Å². The molecule has 4 nitrogen and oxygen atoms in total. The third kappa shape index (κ3) is 1.46. The lowest BCUT2D eigenvalue weighted by atomic mass is 10.2. The minimum Gasteiger partial charge on any atom is -0.265 e. The van der Waals surface area contributed by atoms with Crippen LogP contribution in [0, 0.1) is 0 Å². The van der Waals surface area contributed by atoms with Gasteiger partial charge in [-0.1, -0.05) is 18.2 Å². The monoisotopic (exact) mass is 173 g/mol. The van der Waals surface area contributed by atoms with Crippen molar-refractivity contribution >= 4 is 5.91 Å². The summed E-state index contributed by atoms with van der Waals surface area (Å²) < 4.78 is 0. The third-order valence-corrected chi connectivity index (χ3v) is 1.62. The predicted octanol–water partition coefficient (Wildman–Crippen LogP) is 0.967. The van der Waals surface area contributed by atoms with Crippen LogP contribution in [0.5, 0.6) is 0 Å². The maximum absolute atomic E-state index is 11.5. The molecule has 0 aliphatic carbocycles. The van der Waals surface area contributed by atoms with E-state index in [1.54, 1.807) is 24.3 Å². The molecule has 1 heterocycles. The molecular formula is C9H7N3O. The average Bonchev–Trinajstić information content (AvgIpc) is 2.71. The van der Waals surface area contributed by atoms with Crippen molar-refractivity contribution in [2.75, 3.05) is 0 Å². The molecule has 0 amide bonds. The molecule has 2 aromatic rings. The molecular weight excluding hydrogens is 166 g/mol. The Labute approximate surface area is 74.8 Å². The van der Waals surface area contributed by atoms with Crippen molar-refractivity contribution in [2.24, 2.45) is 0 Å². The third-order valence-electron chi connectivity index (χ3n) is 1.62. The molecule has 0 aliphatic heterocycles. The van der Waals surface area contributed by atoms with Crippen LogP contribution in [0.25, 0.3) is 0 Å². The summed E-state index contributed by atoms with van der Waals surface area (Å²) in [5, 5.41) is 7.50. The number of benzene rings is 1. The van der Waals surface area contributed by atoms with Crippen molar-refractivity contribution in [3.8, 4) is 0 Å². The van der Waals surface area contributed by atoms with Crippen molar-refractivity contribution < 1.29 is 4.79 Å². The number of rotatable bonds is 1. The van der Waals surface area contributed by atoms with Crippen LogP contribution in [0.4, 0.5) is 0 Å². The standard InChI is InChI=1S/C9H7N3O/c13-9(12-10-6-7-11-12)8-4-2-1-3-5-8/h1-7H. The maximum atomic E-state index is 11.5. The van der Waals surface area contributed by atoms with Crippen LogP contribution >= 0.6 is 0 Å². The van der Waals surface area contributed by atoms with E-state index in [4.69, 9.17) is 0 Å². The molecule has 0 unspecified atom stereocenters. The van der Waals surface area contributed by atoms with Gasteiger partial charge in [-0.2, -0.15) is 10.2 Å². The number of hydrogen-bond donors (Lipinski definition) is 0. The highest BCUT2D eigenvalue weighted by Gasteiger charge is 2.07. The molecule has 1 aromatic carbocycles. The highest BCUT2D eigenvalue weighted by atomic mass is 16.2. The fourth-order valence-electron chi connectivity index (χ4n) is 1.02. The van der Waals surface area contributed by atoms with Crippen LogP contribution in [-0.2, 0) is 0 Å². The second-order valence-electron chi connectivity index (χ2n) is 2.49. The summed E-state index contributed by atoms with van der Waals surface area (Å²) in [5.74, 6) is -0.217. The molecule has 0 bridgehead atoms. The van der Waals surface area contributed by atoms with E-state index in [9.17, 15) is 4.79 Å². The highest BCUT2D eigenvalue weighted by molar-refractivity contribution is 5.94. The first kappa shape index (κ1) is 7.67. The molecule has 1 aromatic heterocycles. The Kier molecular flexibility index (Phi) is 1.88. The molecule has 64 valence electrons. The molecule has 2 rings (SSSR count). The summed E-state index contributed by atoms with van der Waals surface area (Å²) in [6.07, 6.45) is 2.95. The van der Waals surface area contributed by atoms with E-state index in [1.807, 2.05) is 6.07 Å². The van der Waals surface area contributed by atoms with Crippen molar-refractivity contribution in [3.63, 3.8) is 0 Å². The quantitative estimate of drug-likeness (QED) is 0.645. The molecule has 0 N–H and O–H groups in total. The average molecular weight is 173 g/mol. The molecule has 4 heteroatoms. The van der Waals surface area contributed by atoms with E-state index in [0.29, 0.717) is 5.56 Å². The Morgan fingerprint density at radius 3 is 2.31 bits per heavy atom. The molecule has 0 spiro atoms. The maximum Gasteiger partial charge on any atom is 0.295 e. The van der Waals surface area contributed by atoms with Crippen LogP contribution in [-0.4, -0.2) is 20.9 Å². The summed E-state index contributed by atoms with van der Waals surface area (Å²) >= 11 is 0. The minimum atomic E-state index is -0.217. The summed E-state index contributed by atoms with van der Waals surface area (Å²) in [5.41, 5.74) is 0.582. The van der Waals surface area contributed by atoms with Gasteiger partial charge in [-0.3, -0.25) is 4.79 Å². The lowest BCUT2D eigenvalue weighted by Gasteiger charge is -1.96. The predicted molar refractivity (Wildman–Crippen MR) is 46.2 cm³/mol. The van der Waals surface area contributed by atoms with Gasteiger partial charge in [0.2, 0.25) is 0 Å². The Hall–Kier alpha value is -1.97. The van der Waals surface area contributed by atoms with Gasteiger partial charge in [0.1, 0.15) is 0 Å². The zero-order valence-corrected chi connectivity index (χ0v) is 6.79. The Bertz CT molecular complexity index is 394. The van der Waals surface area contributed by atoms with Gasteiger partial charge in [0.25, 0.3) is 5.91 Å². The zero-order chi connectivity index (χ0) is 9.10. The number of nitrogens with zero attached hydrogens (tertiary/aromatic N) is 3. The molecule has 13 heavy (non-hydrogen) atoms. The van der Waals surface area contributed by atoms with Crippen molar-refractivity contribution in [2.45, 2.75) is 0 Å². The Morgan fingerprint density at radius 1 is 1.08 bits per heavy atom. The second kappa shape index (κ2) is 3.18. The summed E-state index contributed by atoms with van der Waals surface area (Å²) in [4.78, 5) is 12.6. The fraction of sp³-hybridized carbons (Fsp3) is 0. The van der Waals surface area contributed by atoms with Crippen molar-refractivity contribution in [1.29, 1.82) is 0 Å². The number of carbonyl (C=O) groups is 1. The fourth-order valence-corrected chi connectivity index (χ4v) is 1.02. The van der Waals surface area contributed by atoms with Gasteiger partial charge in [-0.05, 0) is 12.1 Å². The van der Waals surface area contributed by atoms with Crippen LogP contribution < -0.4 is 0 Å². The van der Waals surface area contributed by atoms with E-state index in [-0.39, 0.29) is 5.91 Å². The molecule has 0 saturated carbocycles. The smallest absolute Gasteiger partial charge is 0.265 e. The molecule has 0 radical (unpaired) electrons. The van der Waals surface area contributed by atoms with E-state index >= 15 is 0 Å². The van der Waals surface area contributed by atoms with Gasteiger partial charge in [-0.15, -0.1) is 4.80 Å². The molecule has 0 atom stereocenters. The summed E-state index contributed by atoms with van der Waals surface area (Å²) in [7, 11) is 0. The molecule has 0 saturated heterocycles. The van der Waals surface area contributed by atoms with Crippen LogP contribution in [0.1, 0.15) is 10.4 Å². The van der Waals surface area contributed by atoms with Gasteiger partial charge in [0, 0.05) is 5.56 Å². The van der Waals surface area contributed by atoms with E-state index in [1.165, 1.54) is 12.4 Å². The van der Waals surface area contributed by atoms with Gasteiger partial charge < -0.3 is 0 Å². The van der Waals surface area contributed by atoms with E-state index < -0.39 is 0 Å².